The van der Waals surface area contributed by atoms with Crippen molar-refractivity contribution in [1.29, 1.82) is 0 Å². The maximum Gasteiger partial charge on any atom is 0.305 e. The Bertz CT molecular complexity index is 1170. The van der Waals surface area contributed by atoms with Crippen LogP contribution in [0.25, 0.3) is 0 Å². The van der Waals surface area contributed by atoms with Crippen LogP contribution in [-0.4, -0.2) is 45.7 Å². The summed E-state index contributed by atoms with van der Waals surface area (Å²) >= 11 is 0. The minimum atomic E-state index is -0.971. The number of carboxylic acids is 1. The van der Waals surface area contributed by atoms with E-state index in [0.29, 0.717) is 22.8 Å². The molecule has 1 saturated carbocycles. The Morgan fingerprint density at radius 3 is 2.38 bits per heavy atom. The second-order valence-corrected chi connectivity index (χ2v) is 10.1. The highest BCUT2D eigenvalue weighted by molar-refractivity contribution is 6.46. The Morgan fingerprint density at radius 2 is 1.78 bits per heavy atom. The fraction of sp³-hybridized carbons (Fsp3) is 0.448. The molecule has 2 aromatic carbocycles. The van der Waals surface area contributed by atoms with Gasteiger partial charge in [0.15, 0.2) is 0 Å². The number of benzene rings is 2. The molecule has 196 valence electrons. The fourth-order valence-electron chi connectivity index (χ4n) is 5.38. The van der Waals surface area contributed by atoms with Gasteiger partial charge in [0.05, 0.1) is 12.5 Å². The number of carbonyl (C=O) groups excluding carboxylic acids is 2. The van der Waals surface area contributed by atoms with Gasteiger partial charge >= 0.3 is 5.97 Å². The number of carbonyl (C=O) groups is 3. The lowest BCUT2D eigenvalue weighted by molar-refractivity contribution is -0.137. The van der Waals surface area contributed by atoms with Crippen molar-refractivity contribution < 1.29 is 23.9 Å². The van der Waals surface area contributed by atoms with Gasteiger partial charge in [0.2, 0.25) is 0 Å². The summed E-state index contributed by atoms with van der Waals surface area (Å²) < 4.78 is 13.6. The van der Waals surface area contributed by atoms with E-state index >= 15 is 0 Å². The number of aliphatic imine (C=N–C) groups is 1. The molecule has 0 bridgehead atoms. The van der Waals surface area contributed by atoms with Crippen LogP contribution in [0, 0.1) is 11.7 Å². The van der Waals surface area contributed by atoms with Gasteiger partial charge < -0.3 is 15.3 Å². The number of halogens is 1. The van der Waals surface area contributed by atoms with E-state index in [1.165, 1.54) is 12.1 Å². The first-order valence-corrected chi connectivity index (χ1v) is 13.0. The SMILES string of the molecule is CCCC(c1ccc(C(=O)NCCC(=O)O)cc1)N1C(=O)C(c2ccc(F)cc2)=NC12CCC(C)CC2. The highest BCUT2D eigenvalue weighted by Gasteiger charge is 2.51. The maximum absolute atomic E-state index is 14.0. The normalized spacial score (nSPS) is 22.1. The first-order chi connectivity index (χ1) is 17.7. The number of nitrogens with zero attached hydrogens (tertiary/aromatic N) is 2. The Balaban J connectivity index is 1.64. The van der Waals surface area contributed by atoms with Crippen LogP contribution in [0.5, 0.6) is 0 Å². The van der Waals surface area contributed by atoms with Gasteiger partial charge in [-0.2, -0.15) is 0 Å². The average molecular weight is 508 g/mol. The molecule has 8 heteroatoms. The Kier molecular flexibility index (Phi) is 8.05. The molecule has 2 N–H and O–H groups in total. The molecule has 2 aliphatic rings. The molecule has 1 aliphatic heterocycles. The van der Waals surface area contributed by atoms with E-state index < -0.39 is 11.6 Å². The zero-order chi connectivity index (χ0) is 26.6. The summed E-state index contributed by atoms with van der Waals surface area (Å²) in [4.78, 5) is 44.1. The molecule has 37 heavy (non-hydrogen) atoms. The van der Waals surface area contributed by atoms with Crippen LogP contribution in [0.1, 0.15) is 86.3 Å². The van der Waals surface area contributed by atoms with E-state index in [1.54, 1.807) is 24.3 Å². The molecule has 1 fully saturated rings. The second kappa shape index (κ2) is 11.2. The summed E-state index contributed by atoms with van der Waals surface area (Å²) in [5.41, 5.74) is 1.72. The van der Waals surface area contributed by atoms with E-state index in [0.717, 1.165) is 44.1 Å². The Labute approximate surface area is 216 Å². The maximum atomic E-state index is 14.0. The third-order valence-electron chi connectivity index (χ3n) is 7.44. The van der Waals surface area contributed by atoms with Crippen LogP contribution in [0.2, 0.25) is 0 Å². The first-order valence-electron chi connectivity index (χ1n) is 13.0. The third-order valence-corrected chi connectivity index (χ3v) is 7.44. The van der Waals surface area contributed by atoms with Gasteiger partial charge in [-0.05, 0) is 80.0 Å². The topological polar surface area (TPSA) is 99.1 Å². The van der Waals surface area contributed by atoms with Crippen LogP contribution in [-0.2, 0) is 9.59 Å². The molecule has 2 aromatic rings. The molecule has 4 rings (SSSR count). The molecule has 0 aromatic heterocycles. The van der Waals surface area contributed by atoms with Crippen LogP contribution >= 0.6 is 0 Å². The molecular weight excluding hydrogens is 473 g/mol. The molecule has 7 nitrogen and oxygen atoms in total. The van der Waals surface area contributed by atoms with E-state index in [9.17, 15) is 18.8 Å². The van der Waals surface area contributed by atoms with Gasteiger partial charge in [-0.25, -0.2) is 4.39 Å². The summed E-state index contributed by atoms with van der Waals surface area (Å²) in [6.07, 6.45) is 4.93. The highest BCUT2D eigenvalue weighted by Crippen LogP contribution is 2.46. The summed E-state index contributed by atoms with van der Waals surface area (Å²) in [6.45, 7) is 4.36. The monoisotopic (exact) mass is 507 g/mol. The van der Waals surface area contributed by atoms with Crippen LogP contribution in [0.4, 0.5) is 4.39 Å². The second-order valence-electron chi connectivity index (χ2n) is 10.1. The summed E-state index contributed by atoms with van der Waals surface area (Å²) in [7, 11) is 0. The van der Waals surface area contributed by atoms with Crippen molar-refractivity contribution in [1.82, 2.24) is 10.2 Å². The van der Waals surface area contributed by atoms with Gasteiger partial charge in [0.25, 0.3) is 11.8 Å². The number of nitrogens with one attached hydrogen (secondary N) is 1. The molecule has 0 saturated heterocycles. The molecule has 1 heterocycles. The number of carboxylic acid groups (broad SMARTS) is 1. The van der Waals surface area contributed by atoms with E-state index in [-0.39, 0.29) is 36.6 Å². The van der Waals surface area contributed by atoms with Gasteiger partial charge in [-0.3, -0.25) is 19.4 Å². The standard InChI is InChI=1S/C29H34FN3O4/c1-3-4-24(20-5-7-22(8-6-20)27(36)31-18-15-25(34)35)33-28(37)26(21-9-11-23(30)12-10-21)32-29(33)16-13-19(2)14-17-29/h5-12,19,24H,3-4,13-18H2,1-2H3,(H,31,36)(H,34,35). The summed E-state index contributed by atoms with van der Waals surface area (Å²) in [5.74, 6) is -1.24. The highest BCUT2D eigenvalue weighted by atomic mass is 19.1. The predicted octanol–water partition coefficient (Wildman–Crippen LogP) is 5.11. The van der Waals surface area contributed by atoms with Gasteiger partial charge in [0, 0.05) is 17.7 Å². The van der Waals surface area contributed by atoms with Crippen molar-refractivity contribution >= 4 is 23.5 Å². The lowest BCUT2D eigenvalue weighted by Gasteiger charge is -2.45. The molecule has 1 aliphatic carbocycles. The molecule has 1 atom stereocenters. The van der Waals surface area contributed by atoms with Gasteiger partial charge in [-0.15, -0.1) is 0 Å². The number of amides is 2. The van der Waals surface area contributed by atoms with Gasteiger partial charge in [0.1, 0.15) is 17.2 Å². The number of hydrogen-bond donors (Lipinski definition) is 2. The third kappa shape index (κ3) is 5.73. The molecule has 1 unspecified atom stereocenters. The van der Waals surface area contributed by atoms with Crippen LogP contribution in [0.15, 0.2) is 53.5 Å². The Morgan fingerprint density at radius 1 is 1.14 bits per heavy atom. The summed E-state index contributed by atoms with van der Waals surface area (Å²) in [6, 6.07) is 12.9. The minimum absolute atomic E-state index is 0.0566. The number of hydrogen-bond acceptors (Lipinski definition) is 4. The Hall–Kier alpha value is -3.55. The smallest absolute Gasteiger partial charge is 0.305 e. The predicted molar refractivity (Wildman–Crippen MR) is 139 cm³/mol. The lowest BCUT2D eigenvalue weighted by atomic mass is 9.81. The minimum Gasteiger partial charge on any atom is -0.481 e. The van der Waals surface area contributed by atoms with Gasteiger partial charge in [-0.1, -0.05) is 32.4 Å². The number of rotatable bonds is 9. The first kappa shape index (κ1) is 26.5. The quantitative estimate of drug-likeness (QED) is 0.493. The van der Waals surface area contributed by atoms with Crippen molar-refractivity contribution in [3.63, 3.8) is 0 Å². The zero-order valence-electron chi connectivity index (χ0n) is 21.4. The molecule has 1 spiro atoms. The van der Waals surface area contributed by atoms with Crippen molar-refractivity contribution in [3.05, 3.63) is 71.0 Å². The molecule has 0 radical (unpaired) electrons. The van der Waals surface area contributed by atoms with E-state index in [2.05, 4.69) is 19.2 Å². The fourth-order valence-corrected chi connectivity index (χ4v) is 5.38. The van der Waals surface area contributed by atoms with E-state index in [1.807, 2.05) is 17.0 Å². The van der Waals surface area contributed by atoms with Crippen molar-refractivity contribution in [2.75, 3.05) is 6.54 Å². The lowest BCUT2D eigenvalue weighted by Crippen LogP contribution is -2.50. The van der Waals surface area contributed by atoms with Crippen molar-refractivity contribution in [3.8, 4) is 0 Å². The molecule has 2 amide bonds. The van der Waals surface area contributed by atoms with Crippen LogP contribution < -0.4 is 5.32 Å². The van der Waals surface area contributed by atoms with Crippen molar-refractivity contribution in [2.45, 2.75) is 70.5 Å². The van der Waals surface area contributed by atoms with Crippen LogP contribution in [0.3, 0.4) is 0 Å². The van der Waals surface area contributed by atoms with E-state index in [4.69, 9.17) is 10.1 Å². The molecular formula is C29H34FN3O4. The largest absolute Gasteiger partial charge is 0.481 e. The van der Waals surface area contributed by atoms with Crippen molar-refractivity contribution in [2.24, 2.45) is 10.9 Å². The zero-order valence-corrected chi connectivity index (χ0v) is 21.4. The summed E-state index contributed by atoms with van der Waals surface area (Å²) in [5, 5.41) is 11.4. The average Bonchev–Trinajstić information content (AvgIpc) is 3.16. The number of aliphatic carboxylic acids is 1.